The lowest BCUT2D eigenvalue weighted by atomic mass is 9.85. The van der Waals surface area contributed by atoms with Crippen LogP contribution >= 0.6 is 12.4 Å². The third-order valence-electron chi connectivity index (χ3n) is 4.64. The molecule has 0 aromatic rings. The van der Waals surface area contributed by atoms with Crippen molar-refractivity contribution in [1.29, 1.82) is 0 Å². The van der Waals surface area contributed by atoms with E-state index in [2.05, 4.69) is 37.9 Å². The maximum atomic E-state index is 12.1. The first-order valence-corrected chi connectivity index (χ1v) is 8.70. The largest absolute Gasteiger partial charge is 0.353 e. The first-order valence-electron chi connectivity index (χ1n) is 8.70. The van der Waals surface area contributed by atoms with Gasteiger partial charge >= 0.3 is 0 Å². The average molecular weight is 334 g/mol. The predicted octanol–water partition coefficient (Wildman–Crippen LogP) is 2.94. The van der Waals surface area contributed by atoms with Gasteiger partial charge in [0.25, 0.3) is 0 Å². The summed E-state index contributed by atoms with van der Waals surface area (Å²) in [6.45, 7) is 10.3. The van der Waals surface area contributed by atoms with Crippen LogP contribution in [0.1, 0.15) is 66.2 Å². The van der Waals surface area contributed by atoms with E-state index in [1.165, 1.54) is 32.1 Å². The molecule has 0 bridgehead atoms. The van der Waals surface area contributed by atoms with Gasteiger partial charge in [0, 0.05) is 25.2 Å². The number of amides is 1. The van der Waals surface area contributed by atoms with Crippen LogP contribution in [0.5, 0.6) is 0 Å². The van der Waals surface area contributed by atoms with Gasteiger partial charge in [0.1, 0.15) is 0 Å². The zero-order valence-electron chi connectivity index (χ0n) is 14.8. The molecule has 0 aromatic heterocycles. The number of nitrogens with two attached hydrogens (primary N) is 1. The molecule has 1 unspecified atom stereocenters. The third-order valence-corrected chi connectivity index (χ3v) is 4.64. The molecule has 1 amide bonds. The van der Waals surface area contributed by atoms with Gasteiger partial charge in [-0.2, -0.15) is 0 Å². The van der Waals surface area contributed by atoms with Crippen LogP contribution < -0.4 is 11.1 Å². The molecule has 0 radical (unpaired) electrons. The topological polar surface area (TPSA) is 58.4 Å². The van der Waals surface area contributed by atoms with Gasteiger partial charge in [0.05, 0.1) is 6.04 Å². The molecule has 22 heavy (non-hydrogen) atoms. The molecule has 0 saturated heterocycles. The standard InChI is InChI=1S/C17H35N3O.ClH/c1-13(2)20(14(3)4)11-10-19-17(21)16(18)12-15-8-6-5-7-9-15;/h13-16H,5-12,18H2,1-4H3,(H,19,21);1H. The molecule has 1 saturated carbocycles. The number of nitrogens with one attached hydrogen (secondary N) is 1. The summed E-state index contributed by atoms with van der Waals surface area (Å²) < 4.78 is 0. The zero-order valence-corrected chi connectivity index (χ0v) is 15.6. The molecule has 1 aliphatic rings. The summed E-state index contributed by atoms with van der Waals surface area (Å²) in [5, 5.41) is 3.01. The Morgan fingerprint density at radius 1 is 1.14 bits per heavy atom. The molecule has 0 spiro atoms. The summed E-state index contributed by atoms with van der Waals surface area (Å²) in [5.41, 5.74) is 6.06. The number of halogens is 1. The molecule has 1 fully saturated rings. The van der Waals surface area contributed by atoms with E-state index in [1.54, 1.807) is 0 Å². The fourth-order valence-electron chi connectivity index (χ4n) is 3.44. The Morgan fingerprint density at radius 3 is 2.18 bits per heavy atom. The summed E-state index contributed by atoms with van der Waals surface area (Å²) in [7, 11) is 0. The third kappa shape index (κ3) is 7.80. The van der Waals surface area contributed by atoms with Gasteiger partial charge in [-0.3, -0.25) is 9.69 Å². The average Bonchev–Trinajstić information content (AvgIpc) is 2.43. The highest BCUT2D eigenvalue weighted by Gasteiger charge is 2.21. The van der Waals surface area contributed by atoms with Crippen molar-refractivity contribution in [3.63, 3.8) is 0 Å². The maximum absolute atomic E-state index is 12.1. The SMILES string of the molecule is CC(C)N(CCNC(=O)C(N)CC1CCCCC1)C(C)C.Cl. The van der Waals surface area contributed by atoms with Gasteiger partial charge in [-0.1, -0.05) is 32.1 Å². The van der Waals surface area contributed by atoms with Crippen LogP contribution in [-0.2, 0) is 4.79 Å². The van der Waals surface area contributed by atoms with Gasteiger partial charge in [0.2, 0.25) is 5.91 Å². The molecular formula is C17H36ClN3O. The van der Waals surface area contributed by atoms with Crippen LogP contribution in [0.2, 0.25) is 0 Å². The van der Waals surface area contributed by atoms with Gasteiger partial charge in [-0.05, 0) is 40.0 Å². The molecule has 0 aliphatic heterocycles. The summed E-state index contributed by atoms with van der Waals surface area (Å²) in [6.07, 6.45) is 7.29. The Balaban J connectivity index is 0.00000441. The number of hydrogen-bond donors (Lipinski definition) is 2. The minimum Gasteiger partial charge on any atom is -0.353 e. The molecule has 5 heteroatoms. The van der Waals surface area contributed by atoms with Crippen molar-refractivity contribution in [2.24, 2.45) is 11.7 Å². The second kappa shape index (κ2) is 11.3. The summed E-state index contributed by atoms with van der Waals surface area (Å²) >= 11 is 0. The first-order chi connectivity index (χ1) is 9.91. The Kier molecular flexibility index (Phi) is 11.1. The van der Waals surface area contributed by atoms with Crippen molar-refractivity contribution < 1.29 is 4.79 Å². The van der Waals surface area contributed by atoms with Crippen molar-refractivity contribution in [3.8, 4) is 0 Å². The van der Waals surface area contributed by atoms with E-state index in [-0.39, 0.29) is 24.4 Å². The van der Waals surface area contributed by atoms with Crippen molar-refractivity contribution in [3.05, 3.63) is 0 Å². The number of carbonyl (C=O) groups excluding carboxylic acids is 1. The van der Waals surface area contributed by atoms with Crippen LogP contribution in [-0.4, -0.2) is 42.0 Å². The zero-order chi connectivity index (χ0) is 15.8. The van der Waals surface area contributed by atoms with E-state index >= 15 is 0 Å². The number of hydrogen-bond acceptors (Lipinski definition) is 3. The quantitative estimate of drug-likeness (QED) is 0.718. The summed E-state index contributed by atoms with van der Waals surface area (Å²) in [4.78, 5) is 14.5. The predicted molar refractivity (Wildman–Crippen MR) is 96.4 cm³/mol. The number of carbonyl (C=O) groups is 1. The smallest absolute Gasteiger partial charge is 0.236 e. The van der Waals surface area contributed by atoms with Gasteiger partial charge < -0.3 is 11.1 Å². The second-order valence-electron chi connectivity index (χ2n) is 7.06. The molecule has 4 nitrogen and oxygen atoms in total. The first kappa shape index (κ1) is 21.7. The van der Waals surface area contributed by atoms with Crippen LogP contribution in [0.25, 0.3) is 0 Å². The highest BCUT2D eigenvalue weighted by molar-refractivity contribution is 5.85. The highest BCUT2D eigenvalue weighted by Crippen LogP contribution is 2.26. The van der Waals surface area contributed by atoms with E-state index in [0.717, 1.165) is 13.0 Å². The van der Waals surface area contributed by atoms with Crippen LogP contribution in [0.4, 0.5) is 0 Å². The lowest BCUT2D eigenvalue weighted by molar-refractivity contribution is -0.122. The van der Waals surface area contributed by atoms with E-state index in [0.29, 0.717) is 24.5 Å². The molecule has 1 atom stereocenters. The Labute approximate surface area is 143 Å². The van der Waals surface area contributed by atoms with Crippen molar-refractivity contribution in [2.45, 2.75) is 84.3 Å². The summed E-state index contributed by atoms with van der Waals surface area (Å²) in [6, 6.07) is 0.662. The van der Waals surface area contributed by atoms with Gasteiger partial charge in [-0.25, -0.2) is 0 Å². The fraction of sp³-hybridized carbons (Fsp3) is 0.941. The van der Waals surface area contributed by atoms with Crippen molar-refractivity contribution >= 4 is 18.3 Å². The van der Waals surface area contributed by atoms with Crippen LogP contribution in [0, 0.1) is 5.92 Å². The Hall–Kier alpha value is -0.320. The monoisotopic (exact) mass is 333 g/mol. The van der Waals surface area contributed by atoms with E-state index in [4.69, 9.17) is 5.73 Å². The number of rotatable bonds is 8. The Bertz CT molecular complexity index is 296. The van der Waals surface area contributed by atoms with Gasteiger partial charge in [0.15, 0.2) is 0 Å². The highest BCUT2D eigenvalue weighted by atomic mass is 35.5. The van der Waals surface area contributed by atoms with Crippen molar-refractivity contribution in [2.75, 3.05) is 13.1 Å². The lowest BCUT2D eigenvalue weighted by Gasteiger charge is -2.30. The van der Waals surface area contributed by atoms with Crippen molar-refractivity contribution in [1.82, 2.24) is 10.2 Å². The Morgan fingerprint density at radius 2 is 1.68 bits per heavy atom. The number of nitrogens with zero attached hydrogens (tertiary/aromatic N) is 1. The molecule has 1 rings (SSSR count). The minimum absolute atomic E-state index is 0. The molecular weight excluding hydrogens is 298 g/mol. The molecule has 0 aromatic carbocycles. The molecule has 1 aliphatic carbocycles. The van der Waals surface area contributed by atoms with E-state index in [9.17, 15) is 4.79 Å². The molecule has 0 heterocycles. The lowest BCUT2D eigenvalue weighted by Crippen LogP contribution is -2.46. The minimum atomic E-state index is -0.334. The normalized spacial score (nSPS) is 17.6. The van der Waals surface area contributed by atoms with Crippen LogP contribution in [0.15, 0.2) is 0 Å². The fourth-order valence-corrected chi connectivity index (χ4v) is 3.44. The molecule has 3 N–H and O–H groups in total. The van der Waals surface area contributed by atoms with E-state index < -0.39 is 0 Å². The summed E-state index contributed by atoms with van der Waals surface area (Å²) in [5.74, 6) is 0.676. The van der Waals surface area contributed by atoms with Crippen LogP contribution in [0.3, 0.4) is 0 Å². The van der Waals surface area contributed by atoms with E-state index in [1.807, 2.05) is 0 Å². The second-order valence-corrected chi connectivity index (χ2v) is 7.06. The maximum Gasteiger partial charge on any atom is 0.236 e. The molecule has 132 valence electrons. The van der Waals surface area contributed by atoms with Gasteiger partial charge in [-0.15, -0.1) is 12.4 Å².